The number of nitrogens with one attached hydrogen (secondary N) is 1. The van der Waals surface area contributed by atoms with Crippen molar-refractivity contribution in [3.05, 3.63) is 41.7 Å². The van der Waals surface area contributed by atoms with Gasteiger partial charge in [-0.1, -0.05) is 12.1 Å². The van der Waals surface area contributed by atoms with Crippen LogP contribution in [0.4, 0.5) is 18.0 Å². The lowest BCUT2D eigenvalue weighted by molar-refractivity contribution is -0.137. The summed E-state index contributed by atoms with van der Waals surface area (Å²) in [4.78, 5) is 10.9. The third-order valence-electron chi connectivity index (χ3n) is 3.72. The number of ether oxygens (including phenoxy) is 1. The topological polar surface area (TPSA) is 68.5 Å². The van der Waals surface area contributed by atoms with Crippen molar-refractivity contribution >= 4 is 11.8 Å². The standard InChI is InChI=1S/C16H15F3N4O2/c1-9(2)23-7-11(6-20-23)12-4-3-10(5-13(12)16(17,18)19)14-8-25-15(24)22-21-14/h3-7,9H,8H2,1-2H3,(H,22,24). The second kappa shape index (κ2) is 6.23. The summed E-state index contributed by atoms with van der Waals surface area (Å²) in [5.74, 6) is 0. The second-order valence-corrected chi connectivity index (χ2v) is 5.81. The van der Waals surface area contributed by atoms with Crippen LogP contribution in [0.2, 0.25) is 0 Å². The number of rotatable bonds is 3. The second-order valence-electron chi connectivity index (χ2n) is 5.81. The molecule has 0 atom stereocenters. The Morgan fingerprint density at radius 2 is 2.04 bits per heavy atom. The van der Waals surface area contributed by atoms with E-state index >= 15 is 0 Å². The lowest BCUT2D eigenvalue weighted by Gasteiger charge is -2.17. The van der Waals surface area contributed by atoms with Gasteiger partial charge < -0.3 is 4.74 Å². The van der Waals surface area contributed by atoms with Crippen LogP contribution in [0.1, 0.15) is 31.0 Å². The van der Waals surface area contributed by atoms with Gasteiger partial charge in [-0.2, -0.15) is 23.4 Å². The monoisotopic (exact) mass is 352 g/mol. The Morgan fingerprint density at radius 3 is 2.60 bits per heavy atom. The number of benzene rings is 1. The van der Waals surface area contributed by atoms with Gasteiger partial charge >= 0.3 is 12.3 Å². The van der Waals surface area contributed by atoms with E-state index in [1.165, 1.54) is 18.3 Å². The van der Waals surface area contributed by atoms with Gasteiger partial charge in [-0.15, -0.1) is 0 Å². The van der Waals surface area contributed by atoms with Gasteiger partial charge in [-0.25, -0.2) is 10.2 Å². The van der Waals surface area contributed by atoms with E-state index in [4.69, 9.17) is 4.74 Å². The maximum absolute atomic E-state index is 13.5. The van der Waals surface area contributed by atoms with Gasteiger partial charge in [0.1, 0.15) is 12.3 Å². The van der Waals surface area contributed by atoms with Crippen LogP contribution in [0.25, 0.3) is 11.1 Å². The van der Waals surface area contributed by atoms with Crippen molar-refractivity contribution in [2.75, 3.05) is 6.61 Å². The van der Waals surface area contributed by atoms with E-state index < -0.39 is 17.8 Å². The number of alkyl halides is 3. The minimum Gasteiger partial charge on any atom is -0.442 e. The van der Waals surface area contributed by atoms with Crippen LogP contribution in [0, 0.1) is 0 Å². The number of carbonyl (C=O) groups excluding carboxylic acids is 1. The highest BCUT2D eigenvalue weighted by Crippen LogP contribution is 2.38. The summed E-state index contributed by atoms with van der Waals surface area (Å²) in [7, 11) is 0. The molecule has 1 aliphatic heterocycles. The van der Waals surface area contributed by atoms with Gasteiger partial charge in [0, 0.05) is 23.4 Å². The van der Waals surface area contributed by atoms with Crippen molar-refractivity contribution in [2.24, 2.45) is 5.10 Å². The molecule has 3 rings (SSSR count). The fourth-order valence-electron chi connectivity index (χ4n) is 2.43. The van der Waals surface area contributed by atoms with Crippen LogP contribution >= 0.6 is 0 Å². The molecule has 0 saturated carbocycles. The highest BCUT2D eigenvalue weighted by Gasteiger charge is 2.35. The molecule has 9 heteroatoms. The van der Waals surface area contributed by atoms with E-state index in [1.807, 2.05) is 13.8 Å². The van der Waals surface area contributed by atoms with Crippen molar-refractivity contribution in [3.8, 4) is 11.1 Å². The maximum atomic E-state index is 13.5. The Morgan fingerprint density at radius 1 is 1.28 bits per heavy atom. The molecule has 0 radical (unpaired) electrons. The van der Waals surface area contributed by atoms with Crippen LogP contribution in [0.5, 0.6) is 0 Å². The van der Waals surface area contributed by atoms with Gasteiger partial charge in [-0.05, 0) is 25.5 Å². The van der Waals surface area contributed by atoms with Gasteiger partial charge in [0.25, 0.3) is 0 Å². The van der Waals surface area contributed by atoms with Crippen molar-refractivity contribution in [1.82, 2.24) is 15.2 Å². The molecule has 1 N–H and O–H groups in total. The summed E-state index contributed by atoms with van der Waals surface area (Å²) in [6.07, 6.45) is -2.30. The molecule has 25 heavy (non-hydrogen) atoms. The first-order valence-electron chi connectivity index (χ1n) is 7.51. The average Bonchev–Trinajstić information content (AvgIpc) is 3.04. The Balaban J connectivity index is 2.05. The fourth-order valence-corrected chi connectivity index (χ4v) is 2.43. The number of carbonyl (C=O) groups is 1. The van der Waals surface area contributed by atoms with Crippen LogP contribution in [0.3, 0.4) is 0 Å². The molecular formula is C16H15F3N4O2. The fraction of sp³-hybridized carbons (Fsp3) is 0.312. The van der Waals surface area contributed by atoms with Gasteiger partial charge in [0.15, 0.2) is 0 Å². The molecule has 1 aromatic heterocycles. The van der Waals surface area contributed by atoms with E-state index in [-0.39, 0.29) is 29.5 Å². The van der Waals surface area contributed by atoms with Crippen molar-refractivity contribution < 1.29 is 22.7 Å². The predicted octanol–water partition coefficient (Wildman–Crippen LogP) is 3.59. The maximum Gasteiger partial charge on any atom is 0.428 e. The molecule has 2 aromatic rings. The summed E-state index contributed by atoms with van der Waals surface area (Å²) in [6.45, 7) is 3.59. The Kier molecular flexibility index (Phi) is 4.23. The zero-order valence-electron chi connectivity index (χ0n) is 13.5. The molecule has 1 aromatic carbocycles. The van der Waals surface area contributed by atoms with E-state index in [0.29, 0.717) is 5.56 Å². The number of halogens is 3. The van der Waals surface area contributed by atoms with Crippen LogP contribution in [0.15, 0.2) is 35.7 Å². The number of hydrogen-bond acceptors (Lipinski definition) is 4. The normalized spacial score (nSPS) is 15.0. The Bertz CT molecular complexity index is 840. The SMILES string of the molecule is CC(C)n1cc(-c2ccc(C3=NNC(=O)OC3)cc2C(F)(F)F)cn1. The van der Waals surface area contributed by atoms with Crippen molar-refractivity contribution in [3.63, 3.8) is 0 Å². The van der Waals surface area contributed by atoms with Crippen LogP contribution < -0.4 is 5.43 Å². The van der Waals surface area contributed by atoms with Gasteiger partial charge in [-0.3, -0.25) is 4.68 Å². The van der Waals surface area contributed by atoms with E-state index in [1.54, 1.807) is 10.9 Å². The van der Waals surface area contributed by atoms with E-state index in [9.17, 15) is 18.0 Å². The molecule has 0 fully saturated rings. The molecule has 0 spiro atoms. The molecular weight excluding hydrogens is 337 g/mol. The Hall–Kier alpha value is -2.84. The first-order valence-corrected chi connectivity index (χ1v) is 7.51. The minimum atomic E-state index is -4.55. The predicted molar refractivity (Wildman–Crippen MR) is 84.1 cm³/mol. The summed E-state index contributed by atoms with van der Waals surface area (Å²) in [5.41, 5.74) is 2.14. The highest BCUT2D eigenvalue weighted by atomic mass is 19.4. The highest BCUT2D eigenvalue weighted by molar-refractivity contribution is 6.04. The van der Waals surface area contributed by atoms with Gasteiger partial charge in [0.05, 0.1) is 11.8 Å². The summed E-state index contributed by atoms with van der Waals surface area (Å²) in [6, 6.07) is 3.93. The summed E-state index contributed by atoms with van der Waals surface area (Å²) < 4.78 is 47.0. The molecule has 6 nitrogen and oxygen atoms in total. The van der Waals surface area contributed by atoms with Crippen molar-refractivity contribution in [2.45, 2.75) is 26.1 Å². The lowest BCUT2D eigenvalue weighted by atomic mass is 9.97. The quantitative estimate of drug-likeness (QED) is 0.918. The van der Waals surface area contributed by atoms with Gasteiger partial charge in [0.2, 0.25) is 0 Å². The molecule has 132 valence electrons. The first-order chi connectivity index (χ1) is 11.8. The molecule has 2 heterocycles. The van der Waals surface area contributed by atoms with Crippen molar-refractivity contribution in [1.29, 1.82) is 0 Å². The number of hydrogen-bond donors (Lipinski definition) is 1. The number of hydrazone groups is 1. The number of cyclic esters (lactones) is 1. The molecule has 0 aliphatic carbocycles. The molecule has 0 bridgehead atoms. The number of amides is 1. The third kappa shape index (κ3) is 3.49. The first kappa shape index (κ1) is 17.0. The minimum absolute atomic E-state index is 0.0320. The molecule has 1 aliphatic rings. The summed E-state index contributed by atoms with van der Waals surface area (Å²) >= 11 is 0. The molecule has 0 unspecified atom stereocenters. The van der Waals surface area contributed by atoms with Crippen LogP contribution in [-0.4, -0.2) is 28.2 Å². The molecule has 0 saturated heterocycles. The summed E-state index contributed by atoms with van der Waals surface area (Å²) in [5, 5.41) is 7.84. The molecule has 1 amide bonds. The number of aromatic nitrogens is 2. The zero-order valence-corrected chi connectivity index (χ0v) is 13.5. The third-order valence-corrected chi connectivity index (χ3v) is 3.72. The average molecular weight is 352 g/mol. The number of nitrogens with zero attached hydrogens (tertiary/aromatic N) is 3. The zero-order chi connectivity index (χ0) is 18.2. The Labute approximate surface area is 141 Å². The van der Waals surface area contributed by atoms with E-state index in [2.05, 4.69) is 15.6 Å². The lowest BCUT2D eigenvalue weighted by Crippen LogP contribution is -2.30. The largest absolute Gasteiger partial charge is 0.442 e. The van der Waals surface area contributed by atoms with Crippen LogP contribution in [-0.2, 0) is 10.9 Å². The smallest absolute Gasteiger partial charge is 0.428 e. The van der Waals surface area contributed by atoms with E-state index in [0.717, 1.165) is 6.07 Å².